The molecular formula is C28H39N3O6S2. The van der Waals surface area contributed by atoms with Gasteiger partial charge in [0.2, 0.25) is 0 Å². The minimum atomic E-state index is -3.92. The molecule has 2 aliphatic heterocycles. The monoisotopic (exact) mass is 577 g/mol. The van der Waals surface area contributed by atoms with Crippen LogP contribution in [0.5, 0.6) is 0 Å². The Bertz CT molecular complexity index is 1140. The normalized spacial score (nSPS) is 21.4. The number of nitrogens with zero attached hydrogens (tertiary/aromatic N) is 2. The lowest BCUT2D eigenvalue weighted by molar-refractivity contribution is -0.298. The minimum Gasteiger partial charge on any atom is -0.379 e. The molecule has 2 saturated heterocycles. The Labute approximate surface area is 236 Å². The van der Waals surface area contributed by atoms with Gasteiger partial charge in [0.25, 0.3) is 5.91 Å². The topological polar surface area (TPSA) is 97.4 Å². The van der Waals surface area contributed by atoms with Crippen molar-refractivity contribution in [3.63, 3.8) is 0 Å². The van der Waals surface area contributed by atoms with Gasteiger partial charge in [0.05, 0.1) is 18.1 Å². The molecule has 2 unspecified atom stereocenters. The van der Waals surface area contributed by atoms with Gasteiger partial charge in [-0.25, -0.2) is 13.3 Å². The van der Waals surface area contributed by atoms with Gasteiger partial charge in [0.1, 0.15) is 5.37 Å². The number of rotatable bonds is 12. The molecule has 39 heavy (non-hydrogen) atoms. The van der Waals surface area contributed by atoms with E-state index in [0.717, 1.165) is 27.8 Å². The van der Waals surface area contributed by atoms with E-state index in [-0.39, 0.29) is 29.8 Å². The van der Waals surface area contributed by atoms with Crippen LogP contribution in [0.2, 0.25) is 0 Å². The molecule has 0 radical (unpaired) electrons. The van der Waals surface area contributed by atoms with Crippen LogP contribution in [0.15, 0.2) is 69.3 Å². The van der Waals surface area contributed by atoms with E-state index in [2.05, 4.69) is 10.3 Å². The molecule has 2 aliphatic rings. The number of hydrogen-bond donors (Lipinski definition) is 1. The fourth-order valence-electron chi connectivity index (χ4n) is 4.46. The van der Waals surface area contributed by atoms with Crippen molar-refractivity contribution in [2.45, 2.75) is 78.3 Å². The Balaban J connectivity index is 1.58. The number of amides is 1. The van der Waals surface area contributed by atoms with Crippen molar-refractivity contribution in [1.29, 1.82) is 0 Å². The summed E-state index contributed by atoms with van der Waals surface area (Å²) in [7, 11) is -3.92. The quantitative estimate of drug-likeness (QED) is 0.371. The Morgan fingerprint density at radius 3 is 2.54 bits per heavy atom. The zero-order valence-electron chi connectivity index (χ0n) is 22.7. The van der Waals surface area contributed by atoms with Gasteiger partial charge in [-0.2, -0.15) is 5.43 Å². The highest BCUT2D eigenvalue weighted by Crippen LogP contribution is 2.29. The number of sulfone groups is 1. The highest BCUT2D eigenvalue weighted by atomic mass is 32.2. The first-order valence-electron chi connectivity index (χ1n) is 13.6. The third-order valence-electron chi connectivity index (χ3n) is 6.72. The number of ether oxygens (including phenoxy) is 2. The SMILES string of the molecule is CCCC(=O)N(NC(CN1CCOCC1C)S(=O)(=O)c1ccc(Sc2ccccc2)cc1)O[C@@H]1CCCCO1. The molecule has 0 aromatic heterocycles. The zero-order valence-corrected chi connectivity index (χ0v) is 24.3. The number of benzene rings is 2. The van der Waals surface area contributed by atoms with Crippen molar-refractivity contribution in [2.75, 3.05) is 32.9 Å². The summed E-state index contributed by atoms with van der Waals surface area (Å²) >= 11 is 1.56. The summed E-state index contributed by atoms with van der Waals surface area (Å²) in [6, 6.07) is 16.8. The Morgan fingerprint density at radius 2 is 1.87 bits per heavy atom. The molecule has 0 aliphatic carbocycles. The molecule has 0 bridgehead atoms. The smallest absolute Gasteiger partial charge is 0.261 e. The van der Waals surface area contributed by atoms with Gasteiger partial charge in [-0.3, -0.25) is 9.69 Å². The lowest BCUT2D eigenvalue weighted by Gasteiger charge is -2.37. The van der Waals surface area contributed by atoms with E-state index in [0.29, 0.717) is 39.2 Å². The minimum absolute atomic E-state index is 0.0327. The Morgan fingerprint density at radius 1 is 1.13 bits per heavy atom. The van der Waals surface area contributed by atoms with E-state index in [1.165, 1.54) is 0 Å². The van der Waals surface area contributed by atoms with Crippen LogP contribution in [0.4, 0.5) is 0 Å². The molecule has 0 spiro atoms. The van der Waals surface area contributed by atoms with Gasteiger partial charge in [0, 0.05) is 48.4 Å². The van der Waals surface area contributed by atoms with Crippen LogP contribution >= 0.6 is 11.8 Å². The van der Waals surface area contributed by atoms with E-state index in [4.69, 9.17) is 14.3 Å². The summed E-state index contributed by atoms with van der Waals surface area (Å²) < 4.78 is 39.3. The molecule has 4 rings (SSSR count). The lowest BCUT2D eigenvalue weighted by atomic mass is 10.2. The zero-order chi connectivity index (χ0) is 27.7. The molecule has 2 aromatic rings. The van der Waals surface area contributed by atoms with Crippen molar-refractivity contribution >= 4 is 27.5 Å². The maximum atomic E-state index is 14.0. The van der Waals surface area contributed by atoms with Crippen molar-refractivity contribution in [3.8, 4) is 0 Å². The van der Waals surface area contributed by atoms with Crippen molar-refractivity contribution in [3.05, 3.63) is 54.6 Å². The molecule has 2 heterocycles. The number of nitrogens with one attached hydrogen (secondary N) is 1. The van der Waals surface area contributed by atoms with Gasteiger partial charge in [-0.1, -0.05) is 36.9 Å². The third kappa shape index (κ3) is 8.50. The van der Waals surface area contributed by atoms with Crippen LogP contribution in [0.25, 0.3) is 0 Å². The molecule has 9 nitrogen and oxygen atoms in total. The summed E-state index contributed by atoms with van der Waals surface area (Å²) in [6.45, 7) is 6.24. The average Bonchev–Trinajstić information content (AvgIpc) is 2.95. The van der Waals surface area contributed by atoms with E-state index in [9.17, 15) is 13.2 Å². The Kier molecular flexibility index (Phi) is 11.2. The Hall–Kier alpha value is -1.99. The van der Waals surface area contributed by atoms with Crippen LogP contribution in [-0.2, 0) is 28.9 Å². The predicted molar refractivity (Wildman–Crippen MR) is 149 cm³/mol. The molecule has 1 N–H and O–H groups in total. The van der Waals surface area contributed by atoms with Crippen LogP contribution in [0.1, 0.15) is 46.0 Å². The van der Waals surface area contributed by atoms with Gasteiger partial charge in [-0.15, -0.1) is 5.17 Å². The number of carbonyl (C=O) groups is 1. The summed E-state index contributed by atoms with van der Waals surface area (Å²) in [4.78, 5) is 23.2. The summed E-state index contributed by atoms with van der Waals surface area (Å²) in [5, 5.41) is -0.123. The first-order valence-corrected chi connectivity index (χ1v) is 16.0. The molecule has 2 aromatic carbocycles. The second-order valence-corrected chi connectivity index (χ2v) is 13.1. The molecule has 3 atom stereocenters. The largest absolute Gasteiger partial charge is 0.379 e. The van der Waals surface area contributed by atoms with E-state index in [1.807, 2.05) is 56.3 Å². The second kappa shape index (κ2) is 14.6. The number of carbonyl (C=O) groups excluding carboxylic acids is 1. The van der Waals surface area contributed by atoms with E-state index >= 15 is 0 Å². The van der Waals surface area contributed by atoms with Gasteiger partial charge < -0.3 is 9.47 Å². The summed E-state index contributed by atoms with van der Waals surface area (Å²) in [5.74, 6) is -0.337. The molecule has 11 heteroatoms. The maximum Gasteiger partial charge on any atom is 0.261 e. The summed E-state index contributed by atoms with van der Waals surface area (Å²) in [6.07, 6.45) is 2.69. The number of morpholine rings is 1. The van der Waals surface area contributed by atoms with E-state index < -0.39 is 21.5 Å². The highest BCUT2D eigenvalue weighted by molar-refractivity contribution is 7.99. The number of hydrazine groups is 1. The fraction of sp³-hybridized carbons (Fsp3) is 0.536. The van der Waals surface area contributed by atoms with Crippen LogP contribution in [-0.4, -0.2) is 75.0 Å². The van der Waals surface area contributed by atoms with Crippen LogP contribution < -0.4 is 5.43 Å². The standard InChI is InChI=1S/C28H39N3O6S2/c1-3-9-27(32)31(37-28-12-7-8-18-36-28)29-26(20-30-17-19-35-21-22(30)2)39(33,34)25-15-13-24(14-16-25)38-23-10-5-4-6-11-23/h4-6,10-11,13-16,22,26,28-29H,3,7-9,12,17-21H2,1-2H3/t22?,26?,28-/m1/s1. The van der Waals surface area contributed by atoms with E-state index in [1.54, 1.807) is 23.9 Å². The average molecular weight is 578 g/mol. The molecular weight excluding hydrogens is 538 g/mol. The van der Waals surface area contributed by atoms with Crippen molar-refractivity contribution < 1.29 is 27.5 Å². The van der Waals surface area contributed by atoms with Gasteiger partial charge in [-0.05, 0) is 62.6 Å². The number of hydroxylamine groups is 1. The van der Waals surface area contributed by atoms with Crippen molar-refractivity contribution in [2.24, 2.45) is 0 Å². The molecule has 2 fully saturated rings. The third-order valence-corrected chi connectivity index (χ3v) is 9.67. The van der Waals surface area contributed by atoms with Crippen LogP contribution in [0.3, 0.4) is 0 Å². The lowest BCUT2D eigenvalue weighted by Crippen LogP contribution is -2.58. The number of hydrogen-bond acceptors (Lipinski definition) is 9. The predicted octanol–water partition coefficient (Wildman–Crippen LogP) is 4.25. The fourth-order valence-corrected chi connectivity index (χ4v) is 6.76. The molecule has 214 valence electrons. The maximum absolute atomic E-state index is 14.0. The van der Waals surface area contributed by atoms with Gasteiger partial charge >= 0.3 is 0 Å². The molecule has 0 saturated carbocycles. The molecule has 1 amide bonds. The first-order chi connectivity index (χ1) is 18.9. The highest BCUT2D eigenvalue weighted by Gasteiger charge is 2.35. The van der Waals surface area contributed by atoms with Gasteiger partial charge in [0.15, 0.2) is 16.1 Å². The van der Waals surface area contributed by atoms with Crippen LogP contribution in [0, 0.1) is 0 Å². The summed E-state index contributed by atoms with van der Waals surface area (Å²) in [5.41, 5.74) is 2.95. The van der Waals surface area contributed by atoms with Crippen molar-refractivity contribution in [1.82, 2.24) is 15.5 Å². The second-order valence-electron chi connectivity index (χ2n) is 9.81. The first kappa shape index (κ1) is 30.0.